The Labute approximate surface area is 128 Å². The highest BCUT2D eigenvalue weighted by Gasteiger charge is 2.30. The van der Waals surface area contributed by atoms with E-state index in [1.807, 2.05) is 12.1 Å². The summed E-state index contributed by atoms with van der Waals surface area (Å²) in [5, 5.41) is 0. The zero-order valence-corrected chi connectivity index (χ0v) is 13.7. The molecule has 1 saturated heterocycles. The van der Waals surface area contributed by atoms with Gasteiger partial charge in [-0.1, -0.05) is 19.1 Å². The monoisotopic (exact) mass is 291 g/mol. The smallest absolute Gasteiger partial charge is 0.118 e. The summed E-state index contributed by atoms with van der Waals surface area (Å²) in [6.07, 6.45) is 0.984. The van der Waals surface area contributed by atoms with E-state index in [1.165, 1.54) is 5.56 Å². The maximum atomic E-state index is 6.44. The Balaban J connectivity index is 2.21. The Kier molecular flexibility index (Phi) is 5.62. The molecule has 1 aromatic rings. The standard InChI is InChI=1S/C17H29N3O/c1-5-16(18)17(14-6-8-15(21-4)9-7-14)20-11-10-19(3)13(2)12-20/h6-9,13,16-17H,5,10-12,18H2,1-4H3. The minimum absolute atomic E-state index is 0.161. The molecule has 0 amide bonds. The van der Waals surface area contributed by atoms with Gasteiger partial charge in [-0.3, -0.25) is 4.90 Å². The Hall–Kier alpha value is -1.10. The SMILES string of the molecule is CCC(N)C(c1ccc(OC)cc1)N1CCN(C)C(C)C1. The number of hydrogen-bond acceptors (Lipinski definition) is 4. The highest BCUT2D eigenvalue weighted by Crippen LogP contribution is 2.28. The van der Waals surface area contributed by atoms with Gasteiger partial charge in [0.15, 0.2) is 0 Å². The number of ether oxygens (including phenoxy) is 1. The number of benzene rings is 1. The lowest BCUT2D eigenvalue weighted by molar-refractivity contribution is 0.0611. The van der Waals surface area contributed by atoms with E-state index >= 15 is 0 Å². The first-order valence-electron chi connectivity index (χ1n) is 7.90. The van der Waals surface area contributed by atoms with Crippen LogP contribution in [0.3, 0.4) is 0 Å². The second-order valence-electron chi connectivity index (χ2n) is 6.11. The average Bonchev–Trinajstić information content (AvgIpc) is 2.51. The first-order chi connectivity index (χ1) is 10.1. The van der Waals surface area contributed by atoms with Crippen LogP contribution in [-0.2, 0) is 0 Å². The molecule has 3 unspecified atom stereocenters. The van der Waals surface area contributed by atoms with Crippen LogP contribution in [0.5, 0.6) is 5.75 Å². The van der Waals surface area contributed by atoms with Crippen molar-refractivity contribution in [2.75, 3.05) is 33.8 Å². The second kappa shape index (κ2) is 7.25. The number of likely N-dealkylation sites (N-methyl/N-ethyl adjacent to an activating group) is 1. The first-order valence-corrected chi connectivity index (χ1v) is 7.90. The maximum absolute atomic E-state index is 6.44. The van der Waals surface area contributed by atoms with Gasteiger partial charge in [-0.25, -0.2) is 0 Å². The average molecular weight is 291 g/mol. The van der Waals surface area contributed by atoms with Crippen LogP contribution in [0.15, 0.2) is 24.3 Å². The molecule has 21 heavy (non-hydrogen) atoms. The molecule has 1 heterocycles. The van der Waals surface area contributed by atoms with Crippen LogP contribution in [-0.4, -0.2) is 55.7 Å². The van der Waals surface area contributed by atoms with Crippen molar-refractivity contribution in [1.82, 2.24) is 9.80 Å². The third kappa shape index (κ3) is 3.76. The predicted octanol–water partition coefficient (Wildman–Crippen LogP) is 2.11. The minimum Gasteiger partial charge on any atom is -0.497 e. The van der Waals surface area contributed by atoms with Gasteiger partial charge in [-0.05, 0) is 38.1 Å². The lowest BCUT2D eigenvalue weighted by Gasteiger charge is -2.43. The summed E-state index contributed by atoms with van der Waals surface area (Å²) < 4.78 is 5.26. The molecular weight excluding hydrogens is 262 g/mol. The van der Waals surface area contributed by atoms with Crippen LogP contribution in [0.25, 0.3) is 0 Å². The molecule has 4 heteroatoms. The summed E-state index contributed by atoms with van der Waals surface area (Å²) in [5.41, 5.74) is 7.74. The normalized spacial score (nSPS) is 23.8. The Morgan fingerprint density at radius 1 is 1.29 bits per heavy atom. The van der Waals surface area contributed by atoms with Crippen LogP contribution >= 0.6 is 0 Å². The Morgan fingerprint density at radius 2 is 1.95 bits per heavy atom. The molecule has 0 radical (unpaired) electrons. The fourth-order valence-electron chi connectivity index (χ4n) is 3.08. The zero-order chi connectivity index (χ0) is 15.4. The molecule has 2 rings (SSSR count). The van der Waals surface area contributed by atoms with E-state index in [9.17, 15) is 0 Å². The van der Waals surface area contributed by atoms with Crippen LogP contribution in [0.4, 0.5) is 0 Å². The van der Waals surface area contributed by atoms with Crippen molar-refractivity contribution >= 4 is 0 Å². The quantitative estimate of drug-likeness (QED) is 0.902. The van der Waals surface area contributed by atoms with Crippen LogP contribution < -0.4 is 10.5 Å². The number of nitrogens with zero attached hydrogens (tertiary/aromatic N) is 2. The molecule has 0 aromatic heterocycles. The molecular formula is C17H29N3O. The molecule has 0 saturated carbocycles. The van der Waals surface area contributed by atoms with E-state index in [0.717, 1.165) is 31.8 Å². The van der Waals surface area contributed by atoms with Gasteiger partial charge in [0.25, 0.3) is 0 Å². The molecule has 4 nitrogen and oxygen atoms in total. The zero-order valence-electron chi connectivity index (χ0n) is 13.7. The van der Waals surface area contributed by atoms with E-state index in [4.69, 9.17) is 10.5 Å². The van der Waals surface area contributed by atoms with Crippen molar-refractivity contribution in [3.63, 3.8) is 0 Å². The van der Waals surface area contributed by atoms with Gasteiger partial charge < -0.3 is 15.4 Å². The molecule has 1 aliphatic heterocycles. The minimum atomic E-state index is 0.161. The lowest BCUT2D eigenvalue weighted by Crippen LogP contribution is -2.54. The van der Waals surface area contributed by atoms with Crippen molar-refractivity contribution < 1.29 is 4.74 Å². The van der Waals surface area contributed by atoms with E-state index in [0.29, 0.717) is 6.04 Å². The van der Waals surface area contributed by atoms with Crippen molar-refractivity contribution in [3.05, 3.63) is 29.8 Å². The predicted molar refractivity (Wildman–Crippen MR) is 87.7 cm³/mol. The third-order valence-electron chi connectivity index (χ3n) is 4.72. The summed E-state index contributed by atoms with van der Waals surface area (Å²) >= 11 is 0. The van der Waals surface area contributed by atoms with Gasteiger partial charge in [0, 0.05) is 37.8 Å². The van der Waals surface area contributed by atoms with Crippen molar-refractivity contribution in [2.45, 2.75) is 38.4 Å². The summed E-state index contributed by atoms with van der Waals surface area (Å²) in [5.74, 6) is 0.898. The third-order valence-corrected chi connectivity index (χ3v) is 4.72. The second-order valence-corrected chi connectivity index (χ2v) is 6.11. The fraction of sp³-hybridized carbons (Fsp3) is 0.647. The van der Waals surface area contributed by atoms with Gasteiger partial charge >= 0.3 is 0 Å². The first kappa shape index (κ1) is 16.3. The number of piperazine rings is 1. The molecule has 1 aromatic carbocycles. The topological polar surface area (TPSA) is 41.7 Å². The number of hydrogen-bond donors (Lipinski definition) is 1. The van der Waals surface area contributed by atoms with Gasteiger partial charge in [0.05, 0.1) is 7.11 Å². The Morgan fingerprint density at radius 3 is 2.48 bits per heavy atom. The van der Waals surface area contributed by atoms with Gasteiger partial charge in [-0.2, -0.15) is 0 Å². The number of methoxy groups -OCH3 is 1. The molecule has 118 valence electrons. The van der Waals surface area contributed by atoms with E-state index < -0.39 is 0 Å². The molecule has 0 spiro atoms. The largest absolute Gasteiger partial charge is 0.497 e. The highest BCUT2D eigenvalue weighted by molar-refractivity contribution is 5.30. The van der Waals surface area contributed by atoms with Gasteiger partial charge in [0.2, 0.25) is 0 Å². The summed E-state index contributed by atoms with van der Waals surface area (Å²) in [6.45, 7) is 7.70. The lowest BCUT2D eigenvalue weighted by atomic mass is 9.95. The maximum Gasteiger partial charge on any atom is 0.118 e. The van der Waals surface area contributed by atoms with E-state index in [2.05, 4.69) is 42.8 Å². The summed E-state index contributed by atoms with van der Waals surface area (Å²) in [7, 11) is 3.90. The van der Waals surface area contributed by atoms with Gasteiger partial charge in [0.1, 0.15) is 5.75 Å². The van der Waals surface area contributed by atoms with Crippen molar-refractivity contribution in [2.24, 2.45) is 5.73 Å². The van der Waals surface area contributed by atoms with Crippen molar-refractivity contribution in [3.8, 4) is 5.75 Å². The summed E-state index contributed by atoms with van der Waals surface area (Å²) in [4.78, 5) is 4.96. The molecule has 3 atom stereocenters. The number of nitrogens with two attached hydrogens (primary N) is 1. The van der Waals surface area contributed by atoms with E-state index in [-0.39, 0.29) is 12.1 Å². The van der Waals surface area contributed by atoms with Crippen LogP contribution in [0.1, 0.15) is 31.9 Å². The summed E-state index contributed by atoms with van der Waals surface area (Å²) in [6, 6.07) is 9.40. The molecule has 1 fully saturated rings. The molecule has 1 aliphatic rings. The fourth-order valence-corrected chi connectivity index (χ4v) is 3.08. The van der Waals surface area contributed by atoms with Crippen molar-refractivity contribution in [1.29, 1.82) is 0 Å². The van der Waals surface area contributed by atoms with Crippen LogP contribution in [0, 0.1) is 0 Å². The van der Waals surface area contributed by atoms with Gasteiger partial charge in [-0.15, -0.1) is 0 Å². The molecule has 0 aliphatic carbocycles. The van der Waals surface area contributed by atoms with Crippen LogP contribution in [0.2, 0.25) is 0 Å². The highest BCUT2D eigenvalue weighted by atomic mass is 16.5. The Bertz CT molecular complexity index is 434. The molecule has 2 N–H and O–H groups in total. The van der Waals surface area contributed by atoms with E-state index in [1.54, 1.807) is 7.11 Å². The molecule has 0 bridgehead atoms. The number of rotatable bonds is 5.